The van der Waals surface area contributed by atoms with Gasteiger partial charge in [0.1, 0.15) is 5.66 Å². The van der Waals surface area contributed by atoms with E-state index in [1.807, 2.05) is 61.7 Å². The molecule has 0 spiro atoms. The summed E-state index contributed by atoms with van der Waals surface area (Å²) < 4.78 is 0. The van der Waals surface area contributed by atoms with Gasteiger partial charge in [0, 0.05) is 36.0 Å². The van der Waals surface area contributed by atoms with Crippen molar-refractivity contribution in [1.29, 1.82) is 0 Å². The van der Waals surface area contributed by atoms with Gasteiger partial charge in [-0.3, -0.25) is 19.3 Å². The third-order valence-corrected chi connectivity index (χ3v) is 7.39. The number of nitrogens with zero attached hydrogens (tertiary/aromatic N) is 3. The van der Waals surface area contributed by atoms with Crippen LogP contribution in [0.2, 0.25) is 0 Å². The number of aromatic nitrogens is 1. The van der Waals surface area contributed by atoms with Crippen molar-refractivity contribution in [3.63, 3.8) is 0 Å². The molecule has 5 rings (SSSR count). The molecule has 1 saturated heterocycles. The molecule has 2 aliphatic heterocycles. The third kappa shape index (κ3) is 3.88. The van der Waals surface area contributed by atoms with Crippen LogP contribution in [0.15, 0.2) is 53.9 Å². The molecule has 3 heterocycles. The first-order chi connectivity index (χ1) is 16.4. The molecule has 0 saturated carbocycles. The average Bonchev–Trinajstić information content (AvgIpc) is 3.39. The zero-order valence-corrected chi connectivity index (χ0v) is 20.0. The van der Waals surface area contributed by atoms with Crippen LogP contribution >= 0.6 is 11.3 Å². The van der Waals surface area contributed by atoms with Crippen molar-refractivity contribution in [2.24, 2.45) is 0 Å². The van der Waals surface area contributed by atoms with Crippen molar-refractivity contribution in [1.82, 2.24) is 9.88 Å². The zero-order valence-electron chi connectivity index (χ0n) is 19.2. The van der Waals surface area contributed by atoms with Crippen molar-refractivity contribution in [2.75, 3.05) is 16.8 Å². The molecule has 34 heavy (non-hydrogen) atoms. The maximum atomic E-state index is 13.3. The van der Waals surface area contributed by atoms with Gasteiger partial charge in [-0.05, 0) is 51.0 Å². The summed E-state index contributed by atoms with van der Waals surface area (Å²) in [7, 11) is 0. The maximum absolute atomic E-state index is 13.3. The second-order valence-corrected chi connectivity index (χ2v) is 9.96. The summed E-state index contributed by atoms with van der Waals surface area (Å²) in [5.74, 6) is -0.162. The fraction of sp³-hybridized carbons (Fsp3) is 0.308. The van der Waals surface area contributed by atoms with Gasteiger partial charge < -0.3 is 10.2 Å². The molecule has 3 amide bonds. The van der Waals surface area contributed by atoms with Crippen LogP contribution in [0, 0.1) is 6.92 Å². The van der Waals surface area contributed by atoms with Gasteiger partial charge in [-0.15, -0.1) is 11.3 Å². The molecule has 1 unspecified atom stereocenters. The van der Waals surface area contributed by atoms with Crippen LogP contribution in [0.25, 0.3) is 11.3 Å². The number of benzene rings is 2. The fourth-order valence-corrected chi connectivity index (χ4v) is 5.51. The zero-order chi connectivity index (χ0) is 23.9. The highest BCUT2D eigenvalue weighted by Gasteiger charge is 2.52. The number of fused-ring (bicyclic) bond motifs is 3. The number of amides is 3. The van der Waals surface area contributed by atoms with Gasteiger partial charge in [0.2, 0.25) is 11.8 Å². The molecule has 2 aromatic carbocycles. The number of anilines is 2. The number of carbonyl (C=O) groups excluding carboxylic acids is 3. The second kappa shape index (κ2) is 8.68. The molecule has 174 valence electrons. The van der Waals surface area contributed by atoms with E-state index in [0.717, 1.165) is 22.0 Å². The van der Waals surface area contributed by atoms with Crippen LogP contribution in [0.4, 0.5) is 11.4 Å². The lowest BCUT2D eigenvalue weighted by atomic mass is 9.98. The lowest BCUT2D eigenvalue weighted by Crippen LogP contribution is -2.62. The highest BCUT2D eigenvalue weighted by molar-refractivity contribution is 7.09. The van der Waals surface area contributed by atoms with Gasteiger partial charge in [0.15, 0.2) is 0 Å². The standard InChI is InChI=1S/C26H26N4O3S/c1-17-27-21(16-34-17)18-9-11-19(12-10-18)28-23(31)8-5-15-29-25(33)20-6-3-4-7-22(20)30-24(32)13-14-26(29,30)2/h3-4,6-7,9-12,16H,5,8,13-15H2,1-2H3,(H,28,31). The first-order valence-corrected chi connectivity index (χ1v) is 12.3. The molecular formula is C26H26N4O3S. The number of aryl methyl sites for hydroxylation is 1. The molecule has 1 atom stereocenters. The van der Waals surface area contributed by atoms with E-state index in [-0.39, 0.29) is 24.1 Å². The highest BCUT2D eigenvalue weighted by atomic mass is 32.1. The van der Waals surface area contributed by atoms with E-state index < -0.39 is 5.66 Å². The minimum atomic E-state index is -0.692. The molecule has 1 fully saturated rings. The lowest BCUT2D eigenvalue weighted by Gasteiger charge is -2.48. The van der Waals surface area contributed by atoms with Crippen molar-refractivity contribution in [3.8, 4) is 11.3 Å². The van der Waals surface area contributed by atoms with Gasteiger partial charge in [0.25, 0.3) is 5.91 Å². The summed E-state index contributed by atoms with van der Waals surface area (Å²) in [5, 5.41) is 5.96. The van der Waals surface area contributed by atoms with Crippen LogP contribution in [0.1, 0.15) is 48.0 Å². The molecule has 0 bridgehead atoms. The fourth-order valence-electron chi connectivity index (χ4n) is 4.88. The molecule has 7 nitrogen and oxygen atoms in total. The summed E-state index contributed by atoms with van der Waals surface area (Å²) in [6.45, 7) is 4.32. The molecule has 0 aliphatic carbocycles. The number of thiazole rings is 1. The Morgan fingerprint density at radius 1 is 1.15 bits per heavy atom. The summed E-state index contributed by atoms with van der Waals surface area (Å²) in [6.07, 6.45) is 1.78. The number of para-hydroxylation sites is 1. The van der Waals surface area contributed by atoms with E-state index in [9.17, 15) is 14.4 Å². The van der Waals surface area contributed by atoms with Crippen LogP contribution in [-0.2, 0) is 9.59 Å². The molecule has 3 aromatic rings. The lowest BCUT2D eigenvalue weighted by molar-refractivity contribution is -0.118. The predicted molar refractivity (Wildman–Crippen MR) is 133 cm³/mol. The minimum Gasteiger partial charge on any atom is -0.326 e. The summed E-state index contributed by atoms with van der Waals surface area (Å²) >= 11 is 1.61. The summed E-state index contributed by atoms with van der Waals surface area (Å²) in [6, 6.07) is 14.9. The minimum absolute atomic E-state index is 0.0291. The Morgan fingerprint density at radius 3 is 2.65 bits per heavy atom. The molecule has 0 radical (unpaired) electrons. The van der Waals surface area contributed by atoms with Crippen molar-refractivity contribution < 1.29 is 14.4 Å². The number of carbonyl (C=O) groups is 3. The van der Waals surface area contributed by atoms with E-state index >= 15 is 0 Å². The summed E-state index contributed by atoms with van der Waals surface area (Å²) in [5.41, 5.74) is 3.19. The SMILES string of the molecule is Cc1nc(-c2ccc(NC(=O)CCCN3C(=O)c4ccccc4N4C(=O)CCC34C)cc2)cs1. The van der Waals surface area contributed by atoms with E-state index in [1.165, 1.54) is 0 Å². The maximum Gasteiger partial charge on any atom is 0.257 e. The Labute approximate surface area is 202 Å². The highest BCUT2D eigenvalue weighted by Crippen LogP contribution is 2.44. The Bertz CT molecular complexity index is 1270. The average molecular weight is 475 g/mol. The van der Waals surface area contributed by atoms with E-state index in [1.54, 1.807) is 27.2 Å². The molecule has 8 heteroatoms. The van der Waals surface area contributed by atoms with E-state index in [2.05, 4.69) is 10.3 Å². The number of hydrogen-bond acceptors (Lipinski definition) is 5. The first kappa shape index (κ1) is 22.3. The molecule has 1 N–H and O–H groups in total. The first-order valence-electron chi connectivity index (χ1n) is 11.4. The number of rotatable bonds is 6. The number of hydrogen-bond donors (Lipinski definition) is 1. The van der Waals surface area contributed by atoms with Gasteiger partial charge in [0.05, 0.1) is 22.0 Å². The molecular weight excluding hydrogens is 448 g/mol. The predicted octanol–water partition coefficient (Wildman–Crippen LogP) is 4.84. The van der Waals surface area contributed by atoms with Crippen molar-refractivity contribution >= 4 is 40.4 Å². The van der Waals surface area contributed by atoms with Crippen LogP contribution in [0.3, 0.4) is 0 Å². The van der Waals surface area contributed by atoms with Gasteiger partial charge in [-0.25, -0.2) is 4.98 Å². The summed E-state index contributed by atoms with van der Waals surface area (Å²) in [4.78, 5) is 46.5. The Morgan fingerprint density at radius 2 is 1.91 bits per heavy atom. The monoisotopic (exact) mass is 474 g/mol. The molecule has 1 aromatic heterocycles. The largest absolute Gasteiger partial charge is 0.326 e. The second-order valence-electron chi connectivity index (χ2n) is 8.90. The Balaban J connectivity index is 1.22. The van der Waals surface area contributed by atoms with Crippen LogP contribution in [-0.4, -0.2) is 39.8 Å². The van der Waals surface area contributed by atoms with Gasteiger partial charge >= 0.3 is 0 Å². The van der Waals surface area contributed by atoms with Gasteiger partial charge in [-0.1, -0.05) is 24.3 Å². The van der Waals surface area contributed by atoms with Crippen molar-refractivity contribution in [2.45, 2.75) is 45.2 Å². The smallest absolute Gasteiger partial charge is 0.257 e. The van der Waals surface area contributed by atoms with Gasteiger partial charge in [-0.2, -0.15) is 0 Å². The van der Waals surface area contributed by atoms with Crippen LogP contribution < -0.4 is 10.2 Å². The van der Waals surface area contributed by atoms with E-state index in [4.69, 9.17) is 0 Å². The van der Waals surface area contributed by atoms with E-state index in [0.29, 0.717) is 37.1 Å². The van der Waals surface area contributed by atoms with Crippen LogP contribution in [0.5, 0.6) is 0 Å². The quantitative estimate of drug-likeness (QED) is 0.554. The Hall–Kier alpha value is -3.52. The Kier molecular flexibility index (Phi) is 5.69. The van der Waals surface area contributed by atoms with Crippen molar-refractivity contribution in [3.05, 3.63) is 64.5 Å². The normalized spacial score (nSPS) is 19.2. The topological polar surface area (TPSA) is 82.6 Å². The molecule has 2 aliphatic rings. The third-order valence-electron chi connectivity index (χ3n) is 6.61. The number of nitrogens with one attached hydrogen (secondary N) is 1.